The van der Waals surface area contributed by atoms with Crippen LogP contribution in [0.1, 0.15) is 69.8 Å². The molecule has 22 heavy (non-hydrogen) atoms. The number of hydrogen-bond acceptors (Lipinski definition) is 2. The summed E-state index contributed by atoms with van der Waals surface area (Å²) in [7, 11) is 0. The van der Waals surface area contributed by atoms with Gasteiger partial charge in [0.1, 0.15) is 0 Å². The highest BCUT2D eigenvalue weighted by Crippen LogP contribution is 2.26. The SMILES string of the molecule is C[C@@H]1CCC[C@H](C)C1=NNC(=O)c1ccc(C(C)(C)C)cc1. The highest BCUT2D eigenvalue weighted by atomic mass is 16.2. The van der Waals surface area contributed by atoms with Crippen molar-refractivity contribution in [3.8, 4) is 0 Å². The standard InChI is InChI=1S/C19H28N2O/c1-13-7-6-8-14(2)17(13)20-21-18(22)15-9-11-16(12-10-15)19(3,4)5/h9-14H,6-8H2,1-5H3,(H,21,22)/t13-,14+. The molecule has 0 saturated heterocycles. The molecule has 3 heteroatoms. The summed E-state index contributed by atoms with van der Waals surface area (Å²) in [5.41, 5.74) is 5.85. The number of carbonyl (C=O) groups excluding carboxylic acids is 1. The molecule has 1 amide bonds. The van der Waals surface area contributed by atoms with Gasteiger partial charge in [0.05, 0.1) is 0 Å². The van der Waals surface area contributed by atoms with E-state index in [2.05, 4.69) is 45.1 Å². The van der Waals surface area contributed by atoms with Crippen LogP contribution in [0.4, 0.5) is 0 Å². The Labute approximate surface area is 134 Å². The van der Waals surface area contributed by atoms with Crippen molar-refractivity contribution in [2.45, 2.75) is 59.3 Å². The van der Waals surface area contributed by atoms with Crippen LogP contribution in [0.15, 0.2) is 29.4 Å². The minimum Gasteiger partial charge on any atom is -0.267 e. The van der Waals surface area contributed by atoms with Gasteiger partial charge in [0.25, 0.3) is 5.91 Å². The van der Waals surface area contributed by atoms with E-state index in [4.69, 9.17) is 0 Å². The van der Waals surface area contributed by atoms with E-state index in [1.54, 1.807) is 0 Å². The van der Waals surface area contributed by atoms with Crippen molar-refractivity contribution in [2.75, 3.05) is 0 Å². The van der Waals surface area contributed by atoms with Crippen LogP contribution in [0.25, 0.3) is 0 Å². The van der Waals surface area contributed by atoms with Gasteiger partial charge >= 0.3 is 0 Å². The number of amides is 1. The van der Waals surface area contributed by atoms with Gasteiger partial charge in [-0.3, -0.25) is 4.79 Å². The zero-order valence-electron chi connectivity index (χ0n) is 14.4. The van der Waals surface area contributed by atoms with Crippen LogP contribution in [0.5, 0.6) is 0 Å². The average Bonchev–Trinajstić information content (AvgIpc) is 2.46. The largest absolute Gasteiger partial charge is 0.271 e. The molecule has 2 atom stereocenters. The molecule has 3 nitrogen and oxygen atoms in total. The summed E-state index contributed by atoms with van der Waals surface area (Å²) in [4.78, 5) is 12.2. The Morgan fingerprint density at radius 3 is 2.14 bits per heavy atom. The Kier molecular flexibility index (Phi) is 5.05. The molecule has 0 aliphatic heterocycles. The fourth-order valence-corrected chi connectivity index (χ4v) is 3.03. The van der Waals surface area contributed by atoms with E-state index in [-0.39, 0.29) is 11.3 Å². The molecular weight excluding hydrogens is 272 g/mol. The summed E-state index contributed by atoms with van der Waals surface area (Å²) in [5.74, 6) is 0.803. The molecule has 1 saturated carbocycles. The first-order chi connectivity index (χ1) is 10.3. The lowest BCUT2D eigenvalue weighted by atomic mass is 9.81. The molecule has 0 spiro atoms. The first-order valence-electron chi connectivity index (χ1n) is 8.27. The normalized spacial score (nSPS) is 24.3. The Morgan fingerprint density at radius 1 is 1.09 bits per heavy atom. The quantitative estimate of drug-likeness (QED) is 0.801. The minimum absolute atomic E-state index is 0.0994. The van der Waals surface area contributed by atoms with Crippen LogP contribution in [0, 0.1) is 11.8 Å². The Hall–Kier alpha value is -1.64. The second-order valence-electron chi connectivity index (χ2n) is 7.54. The number of benzene rings is 1. The predicted molar refractivity (Wildman–Crippen MR) is 92.2 cm³/mol. The number of carbonyl (C=O) groups is 1. The number of nitrogens with one attached hydrogen (secondary N) is 1. The maximum atomic E-state index is 12.2. The molecule has 120 valence electrons. The molecule has 0 bridgehead atoms. The molecule has 1 aromatic rings. The van der Waals surface area contributed by atoms with Gasteiger partial charge in [-0.25, -0.2) is 5.43 Å². The molecule has 2 rings (SSSR count). The van der Waals surface area contributed by atoms with Crippen molar-refractivity contribution in [1.29, 1.82) is 0 Å². The zero-order chi connectivity index (χ0) is 16.3. The molecule has 0 heterocycles. The van der Waals surface area contributed by atoms with Crippen molar-refractivity contribution >= 4 is 11.6 Å². The summed E-state index contributed by atoms with van der Waals surface area (Å²) in [5, 5.41) is 4.41. The Bertz CT molecular complexity index is 540. The summed E-state index contributed by atoms with van der Waals surface area (Å²) >= 11 is 0. The van der Waals surface area contributed by atoms with Crippen molar-refractivity contribution in [2.24, 2.45) is 16.9 Å². The van der Waals surface area contributed by atoms with Gasteiger partial charge < -0.3 is 0 Å². The molecule has 1 aromatic carbocycles. The Balaban J connectivity index is 2.06. The van der Waals surface area contributed by atoms with Crippen LogP contribution in [-0.4, -0.2) is 11.6 Å². The van der Waals surface area contributed by atoms with Gasteiger partial charge in [-0.2, -0.15) is 5.10 Å². The van der Waals surface area contributed by atoms with Crippen molar-refractivity contribution in [1.82, 2.24) is 5.43 Å². The molecule has 0 unspecified atom stereocenters. The first-order valence-corrected chi connectivity index (χ1v) is 8.27. The number of hydrazone groups is 1. The molecular formula is C19H28N2O. The summed E-state index contributed by atoms with van der Waals surface area (Å²) in [6.07, 6.45) is 3.59. The van der Waals surface area contributed by atoms with E-state index in [0.29, 0.717) is 17.4 Å². The van der Waals surface area contributed by atoms with Crippen LogP contribution in [-0.2, 0) is 5.41 Å². The van der Waals surface area contributed by atoms with Gasteiger partial charge in [0, 0.05) is 11.3 Å². The highest BCUT2D eigenvalue weighted by molar-refractivity contribution is 5.96. The number of nitrogens with zero attached hydrogens (tertiary/aromatic N) is 1. The van der Waals surface area contributed by atoms with Crippen molar-refractivity contribution in [3.63, 3.8) is 0 Å². The van der Waals surface area contributed by atoms with Gasteiger partial charge in [-0.05, 0) is 47.8 Å². The second kappa shape index (κ2) is 6.64. The second-order valence-corrected chi connectivity index (χ2v) is 7.54. The fraction of sp³-hybridized carbons (Fsp3) is 0.579. The molecule has 1 N–H and O–H groups in total. The van der Waals surface area contributed by atoms with E-state index in [9.17, 15) is 4.79 Å². The highest BCUT2D eigenvalue weighted by Gasteiger charge is 2.23. The van der Waals surface area contributed by atoms with Gasteiger partial charge in [0.15, 0.2) is 0 Å². The Morgan fingerprint density at radius 2 is 1.64 bits per heavy atom. The third-order valence-electron chi connectivity index (χ3n) is 4.58. The third-order valence-corrected chi connectivity index (χ3v) is 4.58. The zero-order valence-corrected chi connectivity index (χ0v) is 14.4. The lowest BCUT2D eigenvalue weighted by molar-refractivity contribution is 0.0954. The number of rotatable bonds is 2. The van der Waals surface area contributed by atoms with E-state index >= 15 is 0 Å². The third kappa shape index (κ3) is 3.96. The van der Waals surface area contributed by atoms with Gasteiger partial charge in [0.2, 0.25) is 0 Å². The van der Waals surface area contributed by atoms with Crippen LogP contribution < -0.4 is 5.43 Å². The lowest BCUT2D eigenvalue weighted by Gasteiger charge is -2.26. The first kappa shape index (κ1) is 16.7. The number of hydrogen-bond donors (Lipinski definition) is 1. The smallest absolute Gasteiger partial charge is 0.267 e. The summed E-state index contributed by atoms with van der Waals surface area (Å²) in [6.45, 7) is 10.9. The molecule has 0 aromatic heterocycles. The van der Waals surface area contributed by atoms with E-state index in [1.807, 2.05) is 24.3 Å². The van der Waals surface area contributed by atoms with Crippen LogP contribution >= 0.6 is 0 Å². The predicted octanol–water partition coefficient (Wildman–Crippen LogP) is 4.53. The average molecular weight is 300 g/mol. The molecule has 0 radical (unpaired) electrons. The summed E-state index contributed by atoms with van der Waals surface area (Å²) < 4.78 is 0. The maximum absolute atomic E-state index is 12.2. The minimum atomic E-state index is -0.127. The molecule has 1 aliphatic rings. The van der Waals surface area contributed by atoms with E-state index in [1.165, 1.54) is 24.8 Å². The fourth-order valence-electron chi connectivity index (χ4n) is 3.03. The van der Waals surface area contributed by atoms with E-state index in [0.717, 1.165) is 5.71 Å². The maximum Gasteiger partial charge on any atom is 0.271 e. The summed E-state index contributed by atoms with van der Waals surface area (Å²) in [6, 6.07) is 7.80. The van der Waals surface area contributed by atoms with Crippen LogP contribution in [0.2, 0.25) is 0 Å². The van der Waals surface area contributed by atoms with Gasteiger partial charge in [-0.1, -0.05) is 53.2 Å². The van der Waals surface area contributed by atoms with Crippen LogP contribution in [0.3, 0.4) is 0 Å². The van der Waals surface area contributed by atoms with E-state index < -0.39 is 0 Å². The topological polar surface area (TPSA) is 41.5 Å². The van der Waals surface area contributed by atoms with Crippen molar-refractivity contribution < 1.29 is 4.79 Å². The van der Waals surface area contributed by atoms with Crippen molar-refractivity contribution in [3.05, 3.63) is 35.4 Å². The van der Waals surface area contributed by atoms with Gasteiger partial charge in [-0.15, -0.1) is 0 Å². The lowest BCUT2D eigenvalue weighted by Crippen LogP contribution is -2.29. The monoisotopic (exact) mass is 300 g/mol. The molecule has 1 aliphatic carbocycles. The molecule has 1 fully saturated rings.